The molecule has 18 heavy (non-hydrogen) atoms. The maximum absolute atomic E-state index is 12.1. The first-order chi connectivity index (χ1) is 8.74. The molecule has 0 atom stereocenters. The molecule has 0 aromatic carbocycles. The average Bonchev–Trinajstić information content (AvgIpc) is 2.64. The number of halogens is 1. The van der Waals surface area contributed by atoms with E-state index < -0.39 is 0 Å². The first-order valence-corrected chi connectivity index (χ1v) is 7.24. The van der Waals surface area contributed by atoms with E-state index in [1.54, 1.807) is 6.20 Å². The van der Waals surface area contributed by atoms with Crippen LogP contribution < -0.4 is 15.8 Å². The molecule has 1 aliphatic rings. The second-order valence-corrected chi connectivity index (χ2v) is 5.26. The van der Waals surface area contributed by atoms with Crippen molar-refractivity contribution in [2.45, 2.75) is 26.3 Å². The van der Waals surface area contributed by atoms with Crippen LogP contribution in [0.4, 0.5) is 5.69 Å². The Labute approximate surface area is 115 Å². The zero-order valence-corrected chi connectivity index (χ0v) is 12.2. The third-order valence-electron chi connectivity index (χ3n) is 3.08. The number of rotatable bonds is 3. The van der Waals surface area contributed by atoms with E-state index in [-0.39, 0.29) is 5.56 Å². The number of aryl methyl sites for hydroxylation is 1. The van der Waals surface area contributed by atoms with Crippen molar-refractivity contribution in [1.29, 1.82) is 0 Å². The zero-order chi connectivity index (χ0) is 13.0. The smallest absolute Gasteiger partial charge is 0.283 e. The van der Waals surface area contributed by atoms with Gasteiger partial charge in [-0.15, -0.1) is 0 Å². The van der Waals surface area contributed by atoms with Gasteiger partial charge in [-0.25, -0.2) is 4.68 Å². The van der Waals surface area contributed by atoms with Gasteiger partial charge in [-0.05, 0) is 35.3 Å². The zero-order valence-electron chi connectivity index (χ0n) is 10.7. The van der Waals surface area contributed by atoms with Crippen molar-refractivity contribution in [3.63, 3.8) is 0 Å². The number of anilines is 1. The highest BCUT2D eigenvalue weighted by Gasteiger charge is 2.16. The number of hydrogen-bond acceptors (Lipinski definition) is 4. The van der Waals surface area contributed by atoms with Gasteiger partial charge in [0.25, 0.3) is 5.56 Å². The molecule has 0 unspecified atom stereocenters. The summed E-state index contributed by atoms with van der Waals surface area (Å²) < 4.78 is 2.15. The van der Waals surface area contributed by atoms with Gasteiger partial charge in [0.2, 0.25) is 0 Å². The second kappa shape index (κ2) is 6.33. The quantitative estimate of drug-likeness (QED) is 0.911. The van der Waals surface area contributed by atoms with E-state index in [0.29, 0.717) is 11.0 Å². The molecular formula is C12H19BrN4O. The van der Waals surface area contributed by atoms with Crippen molar-refractivity contribution in [2.24, 2.45) is 0 Å². The largest absolute Gasteiger partial charge is 0.368 e. The van der Waals surface area contributed by atoms with E-state index in [1.165, 1.54) is 4.68 Å². The van der Waals surface area contributed by atoms with Gasteiger partial charge < -0.3 is 10.2 Å². The van der Waals surface area contributed by atoms with Crippen molar-refractivity contribution in [2.75, 3.05) is 31.1 Å². The summed E-state index contributed by atoms with van der Waals surface area (Å²) in [6.07, 6.45) is 3.79. The third kappa shape index (κ3) is 2.92. The first-order valence-electron chi connectivity index (χ1n) is 6.45. The minimum absolute atomic E-state index is 0.0356. The number of nitrogens with one attached hydrogen (secondary N) is 1. The molecule has 1 N–H and O–H groups in total. The molecule has 0 bridgehead atoms. The summed E-state index contributed by atoms with van der Waals surface area (Å²) in [6.45, 7) is 6.57. The summed E-state index contributed by atoms with van der Waals surface area (Å²) in [4.78, 5) is 14.3. The molecule has 0 spiro atoms. The maximum Gasteiger partial charge on any atom is 0.283 e. The lowest BCUT2D eigenvalue weighted by Crippen LogP contribution is -2.32. The molecule has 1 aliphatic heterocycles. The number of aromatic nitrogens is 2. The topological polar surface area (TPSA) is 50.2 Å². The van der Waals surface area contributed by atoms with Crippen molar-refractivity contribution in [3.05, 3.63) is 21.0 Å². The van der Waals surface area contributed by atoms with Gasteiger partial charge >= 0.3 is 0 Å². The van der Waals surface area contributed by atoms with E-state index in [2.05, 4.69) is 31.2 Å². The summed E-state index contributed by atoms with van der Waals surface area (Å²) in [5.74, 6) is 0. The van der Waals surface area contributed by atoms with E-state index >= 15 is 0 Å². The minimum atomic E-state index is -0.0356. The highest BCUT2D eigenvalue weighted by Crippen LogP contribution is 2.21. The summed E-state index contributed by atoms with van der Waals surface area (Å²) in [5, 5.41) is 7.60. The van der Waals surface area contributed by atoms with Crippen LogP contribution in [0.2, 0.25) is 0 Å². The van der Waals surface area contributed by atoms with E-state index in [1.807, 2.05) is 6.92 Å². The van der Waals surface area contributed by atoms with Crippen LogP contribution in [0.5, 0.6) is 0 Å². The summed E-state index contributed by atoms with van der Waals surface area (Å²) in [5.41, 5.74) is 0.877. The molecule has 0 amide bonds. The van der Waals surface area contributed by atoms with Crippen LogP contribution in [0.15, 0.2) is 15.5 Å². The summed E-state index contributed by atoms with van der Waals surface area (Å²) >= 11 is 3.43. The molecule has 2 heterocycles. The van der Waals surface area contributed by atoms with Gasteiger partial charge in [0.05, 0.1) is 11.9 Å². The monoisotopic (exact) mass is 314 g/mol. The lowest BCUT2D eigenvalue weighted by Gasteiger charge is -2.23. The second-order valence-electron chi connectivity index (χ2n) is 4.46. The normalized spacial score (nSPS) is 16.7. The van der Waals surface area contributed by atoms with Gasteiger partial charge in [-0.2, -0.15) is 5.10 Å². The Morgan fingerprint density at radius 3 is 3.06 bits per heavy atom. The highest BCUT2D eigenvalue weighted by molar-refractivity contribution is 9.10. The maximum atomic E-state index is 12.1. The van der Waals surface area contributed by atoms with Crippen molar-refractivity contribution >= 4 is 21.6 Å². The van der Waals surface area contributed by atoms with Gasteiger partial charge in [-0.3, -0.25) is 4.79 Å². The predicted octanol–water partition coefficient (Wildman–Crippen LogP) is 1.22. The van der Waals surface area contributed by atoms with Crippen molar-refractivity contribution < 1.29 is 0 Å². The van der Waals surface area contributed by atoms with E-state index in [4.69, 9.17) is 0 Å². The molecule has 2 rings (SSSR count). The molecule has 5 nitrogen and oxygen atoms in total. The third-order valence-corrected chi connectivity index (χ3v) is 3.83. The van der Waals surface area contributed by atoms with Crippen molar-refractivity contribution in [3.8, 4) is 0 Å². The molecule has 1 aromatic heterocycles. The van der Waals surface area contributed by atoms with Crippen LogP contribution in [0.25, 0.3) is 0 Å². The van der Waals surface area contributed by atoms with Gasteiger partial charge in [0.15, 0.2) is 0 Å². The Hall–Kier alpha value is -0.880. The highest BCUT2D eigenvalue weighted by atomic mass is 79.9. The Kier molecular flexibility index (Phi) is 4.77. The fourth-order valence-electron chi connectivity index (χ4n) is 2.13. The minimum Gasteiger partial charge on any atom is -0.368 e. The molecule has 1 aromatic rings. The fraction of sp³-hybridized carbons (Fsp3) is 0.667. The molecule has 1 saturated heterocycles. The molecule has 0 aliphatic carbocycles. The molecule has 6 heteroatoms. The molecular weight excluding hydrogens is 296 g/mol. The van der Waals surface area contributed by atoms with Crippen LogP contribution in [0, 0.1) is 0 Å². The molecule has 0 saturated carbocycles. The first kappa shape index (κ1) is 13.5. The lowest BCUT2D eigenvalue weighted by molar-refractivity contribution is 0.564. The molecule has 0 radical (unpaired) electrons. The van der Waals surface area contributed by atoms with Crippen molar-refractivity contribution in [1.82, 2.24) is 15.1 Å². The standard InChI is InChI=1S/C12H19BrN4O/c1-2-6-17-12(18)11(13)10(9-15-17)16-7-3-4-14-5-8-16/h9,14H,2-8H2,1H3. The van der Waals surface area contributed by atoms with E-state index in [0.717, 1.165) is 44.7 Å². The lowest BCUT2D eigenvalue weighted by atomic mass is 10.3. The van der Waals surface area contributed by atoms with Gasteiger partial charge in [-0.1, -0.05) is 6.92 Å². The summed E-state index contributed by atoms with van der Waals surface area (Å²) in [7, 11) is 0. The van der Waals surface area contributed by atoms with Crippen LogP contribution >= 0.6 is 15.9 Å². The van der Waals surface area contributed by atoms with Gasteiger partial charge in [0.1, 0.15) is 4.47 Å². The SMILES string of the molecule is CCCn1ncc(N2CCCNCC2)c(Br)c1=O. The average molecular weight is 315 g/mol. The fourth-order valence-corrected chi connectivity index (χ4v) is 2.69. The Morgan fingerprint density at radius 2 is 2.28 bits per heavy atom. The van der Waals surface area contributed by atoms with E-state index in [9.17, 15) is 4.79 Å². The number of nitrogens with zero attached hydrogens (tertiary/aromatic N) is 3. The van der Waals surface area contributed by atoms with Crippen LogP contribution in [-0.4, -0.2) is 36.0 Å². The Bertz CT molecular complexity index is 452. The predicted molar refractivity (Wildman–Crippen MR) is 76.2 cm³/mol. The molecule has 100 valence electrons. The number of hydrogen-bond donors (Lipinski definition) is 1. The Morgan fingerprint density at radius 1 is 1.44 bits per heavy atom. The Balaban J connectivity index is 2.28. The summed E-state index contributed by atoms with van der Waals surface area (Å²) in [6, 6.07) is 0. The van der Waals surface area contributed by atoms with Crippen LogP contribution in [0.1, 0.15) is 19.8 Å². The van der Waals surface area contributed by atoms with Crippen LogP contribution in [-0.2, 0) is 6.54 Å². The van der Waals surface area contributed by atoms with Gasteiger partial charge in [0, 0.05) is 26.2 Å². The van der Waals surface area contributed by atoms with Crippen LogP contribution in [0.3, 0.4) is 0 Å². The molecule has 1 fully saturated rings.